The molecule has 0 aliphatic carbocycles. The molecule has 22 heavy (non-hydrogen) atoms. The van der Waals surface area contributed by atoms with Crippen LogP contribution >= 0.6 is 0 Å². The molecule has 1 aromatic heterocycles. The molecular weight excluding hydrogens is 274 g/mol. The minimum atomic E-state index is -0.298. The van der Waals surface area contributed by atoms with Crippen molar-refractivity contribution in [2.75, 3.05) is 6.61 Å². The van der Waals surface area contributed by atoms with Gasteiger partial charge in [0.2, 0.25) is 0 Å². The molecule has 1 N–H and O–H groups in total. The Labute approximate surface area is 134 Å². The highest BCUT2D eigenvalue weighted by molar-refractivity contribution is 5.95. The molecule has 0 radical (unpaired) electrons. The molecule has 0 aliphatic heterocycles. The van der Waals surface area contributed by atoms with Gasteiger partial charge in [-0.3, -0.25) is 0 Å². The first kappa shape index (κ1) is 18.3. The average molecular weight is 303 g/mol. The monoisotopic (exact) mass is 303 g/mol. The summed E-state index contributed by atoms with van der Waals surface area (Å²) < 4.78 is 5.02. The number of hydrogen-bond acceptors (Lipinski definition) is 2. The number of aromatic nitrogens is 1. The second kappa shape index (κ2) is 7.48. The van der Waals surface area contributed by atoms with Crippen molar-refractivity contribution < 1.29 is 9.53 Å². The average Bonchev–Trinajstić information content (AvgIpc) is 2.80. The van der Waals surface area contributed by atoms with Gasteiger partial charge in [0.15, 0.2) is 0 Å². The Bertz CT molecular complexity index is 633. The van der Waals surface area contributed by atoms with Crippen LogP contribution in [0.4, 0.5) is 0 Å². The van der Waals surface area contributed by atoms with Crippen molar-refractivity contribution in [3.63, 3.8) is 0 Å². The largest absolute Gasteiger partial charge is 0.461 e. The molecule has 0 saturated carbocycles. The van der Waals surface area contributed by atoms with E-state index in [2.05, 4.69) is 58.7 Å². The third kappa shape index (κ3) is 4.36. The van der Waals surface area contributed by atoms with Crippen LogP contribution in [0.1, 0.15) is 69.6 Å². The summed E-state index contributed by atoms with van der Waals surface area (Å²) in [6, 6.07) is 6.11. The summed E-state index contributed by atoms with van der Waals surface area (Å²) in [6.45, 7) is 15.1. The number of rotatable bonds is 2. The lowest BCUT2D eigenvalue weighted by molar-refractivity contribution is 0.0520. The van der Waals surface area contributed by atoms with Crippen LogP contribution in [0.15, 0.2) is 18.2 Å². The van der Waals surface area contributed by atoms with Crippen molar-refractivity contribution in [2.24, 2.45) is 0 Å². The van der Waals surface area contributed by atoms with Crippen LogP contribution in [-0.4, -0.2) is 17.6 Å². The highest BCUT2D eigenvalue weighted by Crippen LogP contribution is 2.29. The van der Waals surface area contributed by atoms with Gasteiger partial charge in [0, 0.05) is 10.9 Å². The maximum Gasteiger partial charge on any atom is 0.354 e. The Morgan fingerprint density at radius 2 is 1.73 bits per heavy atom. The number of aromatic amines is 1. The second-order valence-corrected chi connectivity index (χ2v) is 6.61. The van der Waals surface area contributed by atoms with Gasteiger partial charge < -0.3 is 9.72 Å². The highest BCUT2D eigenvalue weighted by atomic mass is 16.5. The molecule has 122 valence electrons. The fraction of sp³-hybridized carbons (Fsp3) is 0.526. The van der Waals surface area contributed by atoms with Gasteiger partial charge in [-0.15, -0.1) is 0 Å². The Morgan fingerprint density at radius 3 is 2.23 bits per heavy atom. The second-order valence-electron chi connectivity index (χ2n) is 6.61. The summed E-state index contributed by atoms with van der Waals surface area (Å²) in [6.07, 6.45) is 1.25. The topological polar surface area (TPSA) is 42.1 Å². The summed E-state index contributed by atoms with van der Waals surface area (Å²) >= 11 is 0. The molecule has 0 aliphatic rings. The third-order valence-corrected chi connectivity index (χ3v) is 3.27. The van der Waals surface area contributed by atoms with Gasteiger partial charge in [-0.2, -0.15) is 0 Å². The summed E-state index contributed by atoms with van der Waals surface area (Å²) in [5.74, 6) is -0.298. The summed E-state index contributed by atoms with van der Waals surface area (Å²) in [5.41, 5.74) is 4.13. The van der Waals surface area contributed by atoms with E-state index in [9.17, 15) is 4.79 Å². The predicted molar refractivity (Wildman–Crippen MR) is 93.7 cm³/mol. The fourth-order valence-corrected chi connectivity index (χ4v) is 2.42. The van der Waals surface area contributed by atoms with Crippen molar-refractivity contribution in [1.82, 2.24) is 4.98 Å². The van der Waals surface area contributed by atoms with Crippen LogP contribution in [0, 0.1) is 6.92 Å². The predicted octanol–water partition coefficient (Wildman–Crippen LogP) is 5.37. The quantitative estimate of drug-likeness (QED) is 0.758. The van der Waals surface area contributed by atoms with E-state index in [-0.39, 0.29) is 11.4 Å². The first-order chi connectivity index (χ1) is 10.2. The van der Waals surface area contributed by atoms with Crippen molar-refractivity contribution in [3.05, 3.63) is 35.0 Å². The Hall–Kier alpha value is -1.77. The standard InChI is InChI=1S/C16H21NO2.C3H8/c1-6-19-15(18)14-8-11-7-10(2)12(16(3,4)5)9-13(11)17-14;1-3-2/h7-9,17H,6H2,1-5H3;3H2,1-2H3. The van der Waals surface area contributed by atoms with E-state index in [1.807, 2.05) is 13.0 Å². The van der Waals surface area contributed by atoms with Gasteiger partial charge in [-0.05, 0) is 48.6 Å². The number of carbonyl (C=O) groups is 1. The molecule has 0 atom stereocenters. The third-order valence-electron chi connectivity index (χ3n) is 3.27. The molecule has 3 heteroatoms. The van der Waals surface area contributed by atoms with Gasteiger partial charge in [-0.25, -0.2) is 4.79 Å². The summed E-state index contributed by atoms with van der Waals surface area (Å²) in [5, 5.41) is 1.05. The van der Waals surface area contributed by atoms with E-state index in [4.69, 9.17) is 4.74 Å². The molecule has 0 fully saturated rings. The number of H-pyrrole nitrogens is 1. The minimum absolute atomic E-state index is 0.0907. The lowest BCUT2D eigenvalue weighted by Gasteiger charge is -2.21. The normalized spacial score (nSPS) is 11.0. The molecule has 3 nitrogen and oxygen atoms in total. The molecule has 0 saturated heterocycles. The maximum atomic E-state index is 11.7. The molecule has 2 rings (SSSR count). The Balaban J connectivity index is 0.000000745. The van der Waals surface area contributed by atoms with Crippen molar-refractivity contribution in [3.8, 4) is 0 Å². The number of fused-ring (bicyclic) bond motifs is 1. The molecule has 2 aromatic rings. The molecule has 0 unspecified atom stereocenters. The van der Waals surface area contributed by atoms with Crippen LogP contribution < -0.4 is 0 Å². The summed E-state index contributed by atoms with van der Waals surface area (Å²) in [4.78, 5) is 14.9. The number of benzene rings is 1. The number of ether oxygens (including phenoxy) is 1. The molecule has 0 spiro atoms. The van der Waals surface area contributed by atoms with Crippen LogP contribution in [0.2, 0.25) is 0 Å². The van der Waals surface area contributed by atoms with Crippen molar-refractivity contribution in [2.45, 2.75) is 60.3 Å². The van der Waals surface area contributed by atoms with E-state index in [0.29, 0.717) is 12.3 Å². The number of esters is 1. The van der Waals surface area contributed by atoms with E-state index >= 15 is 0 Å². The Morgan fingerprint density at radius 1 is 1.14 bits per heavy atom. The van der Waals surface area contributed by atoms with Crippen LogP contribution in [-0.2, 0) is 10.2 Å². The first-order valence-corrected chi connectivity index (χ1v) is 8.05. The van der Waals surface area contributed by atoms with Crippen molar-refractivity contribution in [1.29, 1.82) is 0 Å². The Kier molecular flexibility index (Phi) is 6.21. The zero-order valence-electron chi connectivity index (χ0n) is 15.0. The molecule has 0 amide bonds. The van der Waals surface area contributed by atoms with Gasteiger partial charge in [0.05, 0.1) is 6.61 Å². The van der Waals surface area contributed by atoms with Gasteiger partial charge in [0.1, 0.15) is 5.69 Å². The van der Waals surface area contributed by atoms with Gasteiger partial charge in [0.25, 0.3) is 0 Å². The zero-order chi connectivity index (χ0) is 16.9. The van der Waals surface area contributed by atoms with E-state index in [1.54, 1.807) is 0 Å². The van der Waals surface area contributed by atoms with E-state index in [0.717, 1.165) is 10.9 Å². The fourth-order valence-electron chi connectivity index (χ4n) is 2.42. The minimum Gasteiger partial charge on any atom is -0.461 e. The van der Waals surface area contributed by atoms with E-state index in [1.165, 1.54) is 17.5 Å². The van der Waals surface area contributed by atoms with Crippen LogP contribution in [0.5, 0.6) is 0 Å². The SMILES string of the molecule is CCC.CCOC(=O)c1cc2cc(C)c(C(C)(C)C)cc2[nH]1. The number of nitrogens with one attached hydrogen (secondary N) is 1. The smallest absolute Gasteiger partial charge is 0.354 e. The maximum absolute atomic E-state index is 11.7. The zero-order valence-corrected chi connectivity index (χ0v) is 15.0. The lowest BCUT2D eigenvalue weighted by atomic mass is 9.83. The highest BCUT2D eigenvalue weighted by Gasteiger charge is 2.18. The summed E-state index contributed by atoms with van der Waals surface area (Å²) in [7, 11) is 0. The first-order valence-electron chi connectivity index (χ1n) is 8.05. The molecule has 1 heterocycles. The van der Waals surface area contributed by atoms with Gasteiger partial charge in [-0.1, -0.05) is 41.0 Å². The van der Waals surface area contributed by atoms with Crippen molar-refractivity contribution >= 4 is 16.9 Å². The van der Waals surface area contributed by atoms with Crippen LogP contribution in [0.25, 0.3) is 10.9 Å². The lowest BCUT2D eigenvalue weighted by Crippen LogP contribution is -2.12. The number of carbonyl (C=O) groups excluding carboxylic acids is 1. The van der Waals surface area contributed by atoms with E-state index < -0.39 is 0 Å². The van der Waals surface area contributed by atoms with Crippen LogP contribution in [0.3, 0.4) is 0 Å². The molecular formula is C19H29NO2. The van der Waals surface area contributed by atoms with Gasteiger partial charge >= 0.3 is 5.97 Å². The molecule has 0 bridgehead atoms. The number of aryl methyl sites for hydroxylation is 1. The number of hydrogen-bond donors (Lipinski definition) is 1. The molecule has 1 aromatic carbocycles.